The van der Waals surface area contributed by atoms with Crippen molar-refractivity contribution in [1.29, 1.82) is 0 Å². The predicted molar refractivity (Wildman–Crippen MR) is 56.5 cm³/mol. The highest BCUT2D eigenvalue weighted by atomic mass is 16.5. The number of hydrogen-bond acceptors (Lipinski definition) is 4. The number of aliphatic hydroxyl groups is 1. The largest absolute Gasteiger partial charge is 0.390 e. The zero-order valence-corrected chi connectivity index (χ0v) is 9.56. The van der Waals surface area contributed by atoms with E-state index in [0.29, 0.717) is 13.1 Å². The number of carbonyl (C=O) groups excluding carboxylic acids is 1. The number of β-amino-alcohol motifs (C(OH)–C–C–N with tert-alkyl or cyclic N) is 1. The molecule has 2 N–H and O–H groups in total. The molecule has 2 atom stereocenters. The van der Waals surface area contributed by atoms with E-state index in [1.54, 1.807) is 11.9 Å². The lowest BCUT2D eigenvalue weighted by atomic mass is 10.2. The van der Waals surface area contributed by atoms with Crippen LogP contribution in [-0.4, -0.2) is 60.9 Å². The molecule has 0 spiro atoms. The molecule has 88 valence electrons. The van der Waals surface area contributed by atoms with Gasteiger partial charge >= 0.3 is 0 Å². The van der Waals surface area contributed by atoms with E-state index in [1.807, 2.05) is 13.8 Å². The number of likely N-dealkylation sites (N-methyl/N-ethyl adjacent to an activating group) is 1. The average Bonchev–Trinajstić information content (AvgIpc) is 2.59. The molecule has 0 aromatic rings. The fraction of sp³-hybridized carbons (Fsp3) is 0.900. The maximum Gasteiger partial charge on any atom is 0.248 e. The molecule has 15 heavy (non-hydrogen) atoms. The van der Waals surface area contributed by atoms with E-state index in [-0.39, 0.29) is 24.7 Å². The molecular weight excluding hydrogens is 196 g/mol. The van der Waals surface area contributed by atoms with E-state index in [4.69, 9.17) is 4.74 Å². The van der Waals surface area contributed by atoms with Gasteiger partial charge in [0.1, 0.15) is 6.61 Å². The first-order chi connectivity index (χ1) is 7.02. The fourth-order valence-corrected chi connectivity index (χ4v) is 1.57. The molecule has 0 aromatic heterocycles. The monoisotopic (exact) mass is 216 g/mol. The third-order valence-corrected chi connectivity index (χ3v) is 2.58. The van der Waals surface area contributed by atoms with Crippen LogP contribution in [0.5, 0.6) is 0 Å². The van der Waals surface area contributed by atoms with Gasteiger partial charge < -0.3 is 20.1 Å². The van der Waals surface area contributed by atoms with Crippen molar-refractivity contribution in [1.82, 2.24) is 10.2 Å². The van der Waals surface area contributed by atoms with Crippen LogP contribution in [0, 0.1) is 0 Å². The van der Waals surface area contributed by atoms with Gasteiger partial charge in [-0.15, -0.1) is 0 Å². The summed E-state index contributed by atoms with van der Waals surface area (Å²) in [7, 11) is 1.70. The smallest absolute Gasteiger partial charge is 0.248 e. The quantitative estimate of drug-likeness (QED) is 0.646. The molecule has 1 saturated heterocycles. The Bertz CT molecular complexity index is 221. The molecule has 1 fully saturated rings. The van der Waals surface area contributed by atoms with Crippen molar-refractivity contribution in [3.63, 3.8) is 0 Å². The third-order valence-electron chi connectivity index (χ3n) is 2.58. The van der Waals surface area contributed by atoms with Crippen LogP contribution in [0.25, 0.3) is 0 Å². The zero-order valence-electron chi connectivity index (χ0n) is 9.56. The molecule has 0 aliphatic carbocycles. The predicted octanol–water partition coefficient (Wildman–Crippen LogP) is -0.797. The van der Waals surface area contributed by atoms with E-state index in [0.717, 1.165) is 0 Å². The lowest BCUT2D eigenvalue weighted by Crippen LogP contribution is -2.45. The van der Waals surface area contributed by atoms with Crippen LogP contribution in [0.2, 0.25) is 0 Å². The summed E-state index contributed by atoms with van der Waals surface area (Å²) in [6.07, 6.45) is -0.424. The van der Waals surface area contributed by atoms with Crippen LogP contribution >= 0.6 is 0 Å². The van der Waals surface area contributed by atoms with Crippen LogP contribution in [0.1, 0.15) is 13.8 Å². The topological polar surface area (TPSA) is 61.8 Å². The molecule has 1 amide bonds. The van der Waals surface area contributed by atoms with Crippen LogP contribution in [-0.2, 0) is 9.53 Å². The summed E-state index contributed by atoms with van der Waals surface area (Å²) >= 11 is 0. The number of hydrogen-bond donors (Lipinski definition) is 2. The van der Waals surface area contributed by atoms with Gasteiger partial charge in [0.15, 0.2) is 0 Å². The summed E-state index contributed by atoms with van der Waals surface area (Å²) in [5, 5.41) is 12.6. The van der Waals surface area contributed by atoms with Crippen molar-refractivity contribution in [2.75, 3.05) is 26.7 Å². The van der Waals surface area contributed by atoms with Crippen LogP contribution in [0.4, 0.5) is 0 Å². The van der Waals surface area contributed by atoms with E-state index in [1.165, 1.54) is 0 Å². The molecule has 5 nitrogen and oxygen atoms in total. The van der Waals surface area contributed by atoms with Gasteiger partial charge in [-0.1, -0.05) is 0 Å². The minimum atomic E-state index is -0.474. The maximum absolute atomic E-state index is 11.6. The number of nitrogens with zero attached hydrogens (tertiary/aromatic N) is 1. The Balaban J connectivity index is 2.38. The lowest BCUT2D eigenvalue weighted by Gasteiger charge is -2.26. The average molecular weight is 216 g/mol. The van der Waals surface area contributed by atoms with E-state index >= 15 is 0 Å². The number of aliphatic hydroxyl groups excluding tert-OH is 1. The van der Waals surface area contributed by atoms with Gasteiger partial charge in [-0.2, -0.15) is 0 Å². The van der Waals surface area contributed by atoms with Crippen LogP contribution in [0.3, 0.4) is 0 Å². The Morgan fingerprint density at radius 1 is 1.60 bits per heavy atom. The standard InChI is InChI=1S/C10H20N2O3/c1-7(2)15-6-10(14)12(3)8-4-11-5-9(8)13/h7-9,11,13H,4-6H2,1-3H3/t8-,9-/m1/s1. The molecule has 1 aliphatic rings. The second-order valence-electron chi connectivity index (χ2n) is 4.16. The van der Waals surface area contributed by atoms with Gasteiger partial charge in [-0.25, -0.2) is 0 Å². The second kappa shape index (κ2) is 5.44. The second-order valence-corrected chi connectivity index (χ2v) is 4.16. The Labute approximate surface area is 90.4 Å². The SMILES string of the molecule is CC(C)OCC(=O)N(C)[C@@H]1CNC[C@H]1O. The summed E-state index contributed by atoms with van der Waals surface area (Å²) in [6.45, 7) is 5.05. The number of carbonyl (C=O) groups is 1. The molecule has 0 unspecified atom stereocenters. The molecule has 1 rings (SSSR count). The van der Waals surface area contributed by atoms with E-state index in [2.05, 4.69) is 5.32 Å². The lowest BCUT2D eigenvalue weighted by molar-refractivity contribution is -0.139. The third kappa shape index (κ3) is 3.44. The van der Waals surface area contributed by atoms with Gasteiger partial charge in [-0.3, -0.25) is 4.79 Å². The van der Waals surface area contributed by atoms with E-state index in [9.17, 15) is 9.90 Å². The Morgan fingerprint density at radius 3 is 2.73 bits per heavy atom. The van der Waals surface area contributed by atoms with Crippen molar-refractivity contribution < 1.29 is 14.6 Å². The Morgan fingerprint density at radius 2 is 2.27 bits per heavy atom. The fourth-order valence-electron chi connectivity index (χ4n) is 1.57. The summed E-state index contributed by atoms with van der Waals surface area (Å²) in [5.74, 6) is -0.0866. The number of nitrogens with one attached hydrogen (secondary N) is 1. The van der Waals surface area contributed by atoms with Gasteiger partial charge in [-0.05, 0) is 13.8 Å². The first kappa shape index (κ1) is 12.4. The van der Waals surface area contributed by atoms with Crippen molar-refractivity contribution in [2.24, 2.45) is 0 Å². The Hall–Kier alpha value is -0.650. The molecule has 1 aliphatic heterocycles. The first-order valence-electron chi connectivity index (χ1n) is 5.28. The van der Waals surface area contributed by atoms with Crippen molar-refractivity contribution in [2.45, 2.75) is 32.1 Å². The molecule has 0 bridgehead atoms. The molecule has 0 radical (unpaired) electrons. The van der Waals surface area contributed by atoms with E-state index < -0.39 is 6.10 Å². The van der Waals surface area contributed by atoms with Gasteiger partial charge in [0.2, 0.25) is 5.91 Å². The highest BCUT2D eigenvalue weighted by Gasteiger charge is 2.30. The number of ether oxygens (including phenoxy) is 1. The normalized spacial score (nSPS) is 25.9. The van der Waals surface area contributed by atoms with Crippen molar-refractivity contribution in [3.05, 3.63) is 0 Å². The number of rotatable bonds is 4. The minimum Gasteiger partial charge on any atom is -0.390 e. The van der Waals surface area contributed by atoms with Crippen LogP contribution in [0.15, 0.2) is 0 Å². The molecule has 0 aromatic carbocycles. The Kier molecular flexibility index (Phi) is 4.50. The summed E-state index contributed by atoms with van der Waals surface area (Å²) in [4.78, 5) is 13.2. The molecular formula is C10H20N2O3. The number of amides is 1. The summed E-state index contributed by atoms with van der Waals surface area (Å²) < 4.78 is 5.23. The van der Waals surface area contributed by atoms with Crippen molar-refractivity contribution in [3.8, 4) is 0 Å². The minimum absolute atomic E-state index is 0.0500. The first-order valence-corrected chi connectivity index (χ1v) is 5.28. The zero-order chi connectivity index (χ0) is 11.4. The molecule has 0 saturated carbocycles. The highest BCUT2D eigenvalue weighted by Crippen LogP contribution is 2.07. The summed E-state index contributed by atoms with van der Waals surface area (Å²) in [6, 6.07) is -0.131. The molecule has 1 heterocycles. The maximum atomic E-state index is 11.6. The van der Waals surface area contributed by atoms with Crippen LogP contribution < -0.4 is 5.32 Å². The van der Waals surface area contributed by atoms with Crippen molar-refractivity contribution >= 4 is 5.91 Å². The molecule has 5 heteroatoms. The summed E-state index contributed by atoms with van der Waals surface area (Å²) in [5.41, 5.74) is 0. The van der Waals surface area contributed by atoms with Gasteiger partial charge in [0.25, 0.3) is 0 Å². The highest BCUT2D eigenvalue weighted by molar-refractivity contribution is 5.77. The van der Waals surface area contributed by atoms with Gasteiger partial charge in [0.05, 0.1) is 18.2 Å². The van der Waals surface area contributed by atoms with Gasteiger partial charge in [0, 0.05) is 20.1 Å².